The molecule has 2 aliphatic rings. The van der Waals surface area contributed by atoms with E-state index in [2.05, 4.69) is 29.9 Å². The van der Waals surface area contributed by atoms with Crippen molar-refractivity contribution in [1.82, 2.24) is 39.0 Å². The summed E-state index contributed by atoms with van der Waals surface area (Å²) in [7, 11) is -1.99. The molecule has 0 spiro atoms. The van der Waals surface area contributed by atoms with Crippen molar-refractivity contribution in [2.75, 3.05) is 44.3 Å². The van der Waals surface area contributed by atoms with Crippen molar-refractivity contribution in [3.05, 3.63) is 25.3 Å². The number of rotatable bonds is 13. The average Bonchev–Trinajstić information content (AvgIpc) is 3.84. The van der Waals surface area contributed by atoms with E-state index in [1.165, 1.54) is 12.7 Å². The van der Waals surface area contributed by atoms with Gasteiger partial charge in [-0.15, -0.1) is 4.62 Å². The Morgan fingerprint density at radius 3 is 1.98 bits per heavy atom. The fourth-order valence-corrected chi connectivity index (χ4v) is 7.13. The third kappa shape index (κ3) is 6.17. The van der Waals surface area contributed by atoms with Gasteiger partial charge >= 0.3 is 8.60 Å². The maximum absolute atomic E-state index is 10.9. The van der Waals surface area contributed by atoms with Crippen molar-refractivity contribution in [1.29, 1.82) is 0 Å². The van der Waals surface area contributed by atoms with Crippen LogP contribution in [-0.2, 0) is 23.1 Å². The van der Waals surface area contributed by atoms with Crippen LogP contribution in [0.5, 0.6) is 0 Å². The molecule has 18 nitrogen and oxygen atoms in total. The normalized spacial score (nSPS) is 26.3. The molecule has 2 fully saturated rings. The first-order valence-corrected chi connectivity index (χ1v) is 16.0. The molecular formula is C26H39N11O7P+. The van der Waals surface area contributed by atoms with E-state index in [-0.39, 0.29) is 29.5 Å². The number of fused-ring (bicyclic) bond motifs is 2. The van der Waals surface area contributed by atoms with Crippen molar-refractivity contribution in [3.8, 4) is 0 Å². The molecule has 7 atom stereocenters. The van der Waals surface area contributed by atoms with E-state index in [9.17, 15) is 10.2 Å². The van der Waals surface area contributed by atoms with Crippen molar-refractivity contribution in [2.45, 2.75) is 70.5 Å². The molecule has 0 radical (unpaired) electrons. The summed E-state index contributed by atoms with van der Waals surface area (Å²) in [5, 5.41) is 21.1. The van der Waals surface area contributed by atoms with Crippen molar-refractivity contribution < 1.29 is 38.0 Å². The molecule has 244 valence electrons. The zero-order valence-electron chi connectivity index (χ0n) is 25.3. The van der Waals surface area contributed by atoms with Gasteiger partial charge in [0.05, 0.1) is 38.1 Å². The van der Waals surface area contributed by atoms with Gasteiger partial charge in [-0.25, -0.2) is 29.9 Å². The molecule has 0 aromatic carbocycles. The summed E-state index contributed by atoms with van der Waals surface area (Å²) in [6, 6.07) is 0. The van der Waals surface area contributed by atoms with E-state index in [0.29, 0.717) is 54.8 Å². The fourth-order valence-electron chi connectivity index (χ4n) is 5.65. The summed E-state index contributed by atoms with van der Waals surface area (Å²) < 4.78 is 35.3. The Morgan fingerprint density at radius 1 is 0.867 bits per heavy atom. The maximum Gasteiger partial charge on any atom is 0.392 e. The summed E-state index contributed by atoms with van der Waals surface area (Å²) in [6.45, 7) is 7.83. The fraction of sp³-hybridized carbons (Fsp3) is 0.615. The Balaban J connectivity index is 1.17. The number of ether oxygens (including phenoxy) is 2. The van der Waals surface area contributed by atoms with Crippen LogP contribution in [0.4, 0.5) is 11.6 Å². The smallest absolute Gasteiger partial charge is 0.392 e. The molecule has 2 saturated heterocycles. The number of hydrogen-bond donors (Lipinski definition) is 4. The lowest BCUT2D eigenvalue weighted by Crippen LogP contribution is -2.46. The third-order valence-electron chi connectivity index (χ3n) is 8.49. The van der Waals surface area contributed by atoms with Gasteiger partial charge in [0.25, 0.3) is 0 Å². The molecule has 0 amide bonds. The van der Waals surface area contributed by atoms with Crippen LogP contribution in [0.2, 0.25) is 0 Å². The number of quaternary nitrogens is 1. The standard InChI is InChI=1S/C26H39N11O7P/c1-4-37(5-2,6-3)44-45(40-10-18-15(39)7-19(42-18)35-13-33-21-23(27)29-11-31-25(21)35)43-16-8-20(41-17(16)9-38)36-14-34-22-24(28)30-12-32-26(22)36/h11-20,38-39H,4-10H2,1-3H3,(H2,27,29,31)(H2,28,30,32)/q+1/t15-,16-,17+,18+,19+,20+,45?/m0/s1. The van der Waals surface area contributed by atoms with E-state index in [0.717, 1.165) is 0 Å². The number of imidazole rings is 2. The Hall–Kier alpha value is -3.19. The van der Waals surface area contributed by atoms with Crippen LogP contribution in [0.15, 0.2) is 25.3 Å². The highest BCUT2D eigenvalue weighted by molar-refractivity contribution is 7.41. The van der Waals surface area contributed by atoms with Crippen molar-refractivity contribution in [2.24, 2.45) is 0 Å². The minimum absolute atomic E-state index is 0.00653. The summed E-state index contributed by atoms with van der Waals surface area (Å²) in [6.07, 6.45) is 2.69. The SMILES string of the molecule is CC[N+](CC)(CC)OP(OC[C@H]1O[C@@H](n2cnc3c(N)ncnc32)C[C@@H]1O)O[C@H]1C[C@H](n2cnc3c(N)ncnc32)O[C@@H]1CO. The highest BCUT2D eigenvalue weighted by atomic mass is 31.2. The second-order valence-corrected chi connectivity index (χ2v) is 12.0. The first-order chi connectivity index (χ1) is 21.8. The van der Waals surface area contributed by atoms with Crippen molar-refractivity contribution in [3.63, 3.8) is 0 Å². The van der Waals surface area contributed by atoms with Gasteiger partial charge in [-0.05, 0) is 20.8 Å². The molecule has 4 aromatic rings. The zero-order valence-corrected chi connectivity index (χ0v) is 26.2. The van der Waals surface area contributed by atoms with Gasteiger partial charge < -0.3 is 40.2 Å². The van der Waals surface area contributed by atoms with Crippen molar-refractivity contribution >= 4 is 42.6 Å². The molecule has 4 aromatic heterocycles. The molecule has 0 saturated carbocycles. The number of hydroxylamine groups is 3. The summed E-state index contributed by atoms with van der Waals surface area (Å²) in [5.74, 6) is 0.526. The van der Waals surface area contributed by atoms with Gasteiger partial charge in [-0.1, -0.05) is 0 Å². The second kappa shape index (κ2) is 13.3. The van der Waals surface area contributed by atoms with Gasteiger partial charge in [-0.2, -0.15) is 4.65 Å². The van der Waals surface area contributed by atoms with Gasteiger partial charge in [0.15, 0.2) is 22.9 Å². The van der Waals surface area contributed by atoms with Gasteiger partial charge in [0, 0.05) is 12.8 Å². The lowest BCUT2D eigenvalue weighted by atomic mass is 10.2. The number of nitrogen functional groups attached to an aromatic ring is 2. The highest BCUT2D eigenvalue weighted by Crippen LogP contribution is 2.49. The molecule has 6 rings (SSSR count). The Morgan fingerprint density at radius 2 is 1.42 bits per heavy atom. The Bertz CT molecular complexity index is 1600. The van der Waals surface area contributed by atoms with E-state index in [1.807, 2.05) is 20.8 Å². The van der Waals surface area contributed by atoms with Gasteiger partial charge in [-0.3, -0.25) is 9.13 Å². The number of anilines is 2. The molecule has 45 heavy (non-hydrogen) atoms. The number of nitrogens with two attached hydrogens (primary N) is 2. The number of nitrogens with zero attached hydrogens (tertiary/aromatic N) is 9. The van der Waals surface area contributed by atoms with Crippen LogP contribution in [-0.4, -0.2) is 111 Å². The quantitative estimate of drug-likeness (QED) is 0.0907. The van der Waals surface area contributed by atoms with Crippen LogP contribution < -0.4 is 11.5 Å². The molecule has 19 heteroatoms. The van der Waals surface area contributed by atoms with E-state index >= 15 is 0 Å². The number of hydrogen-bond acceptors (Lipinski definition) is 15. The van der Waals surface area contributed by atoms with E-state index in [4.69, 9.17) is 34.6 Å². The molecular weight excluding hydrogens is 609 g/mol. The summed E-state index contributed by atoms with van der Waals surface area (Å²) in [4.78, 5) is 25.2. The van der Waals surface area contributed by atoms with Gasteiger partial charge in [0.1, 0.15) is 68.0 Å². The molecule has 0 bridgehead atoms. The lowest BCUT2D eigenvalue weighted by molar-refractivity contribution is -1.08. The lowest BCUT2D eigenvalue weighted by Gasteiger charge is -2.35. The minimum atomic E-state index is -1.99. The minimum Gasteiger partial charge on any atom is -0.394 e. The Kier molecular flexibility index (Phi) is 9.37. The van der Waals surface area contributed by atoms with Crippen LogP contribution in [0, 0.1) is 0 Å². The predicted molar refractivity (Wildman–Crippen MR) is 160 cm³/mol. The van der Waals surface area contributed by atoms with Crippen LogP contribution in [0.3, 0.4) is 0 Å². The molecule has 6 N–H and O–H groups in total. The monoisotopic (exact) mass is 648 g/mol. The van der Waals surface area contributed by atoms with Gasteiger partial charge in [0.2, 0.25) is 0 Å². The molecule has 2 aliphatic heterocycles. The Labute approximate surface area is 259 Å². The van der Waals surface area contributed by atoms with E-state index in [1.54, 1.807) is 21.8 Å². The maximum atomic E-state index is 10.9. The molecule has 6 heterocycles. The largest absolute Gasteiger partial charge is 0.394 e. The molecule has 0 aliphatic carbocycles. The summed E-state index contributed by atoms with van der Waals surface area (Å²) in [5.41, 5.74) is 13.9. The van der Waals surface area contributed by atoms with Crippen LogP contribution in [0.25, 0.3) is 22.3 Å². The number of aromatic nitrogens is 8. The van der Waals surface area contributed by atoms with Crippen LogP contribution in [0.1, 0.15) is 46.1 Å². The zero-order chi connectivity index (χ0) is 31.7. The predicted octanol–water partition coefficient (Wildman–Crippen LogP) is 1.20. The van der Waals surface area contributed by atoms with E-state index < -0.39 is 45.5 Å². The average molecular weight is 649 g/mol. The first-order valence-electron chi connectivity index (χ1n) is 14.9. The first kappa shape index (κ1) is 31.8. The highest BCUT2D eigenvalue weighted by Gasteiger charge is 2.43. The van der Waals surface area contributed by atoms with Crippen LogP contribution >= 0.6 is 8.60 Å². The molecule has 1 unspecified atom stereocenters. The summed E-state index contributed by atoms with van der Waals surface area (Å²) >= 11 is 0. The second-order valence-electron chi connectivity index (χ2n) is 10.9. The topological polar surface area (TPSA) is 226 Å². The third-order valence-corrected chi connectivity index (χ3v) is 9.78. The number of aliphatic hydroxyl groups is 2. The number of aliphatic hydroxyl groups excluding tert-OH is 2.